The number of likely N-dealkylation sites (tertiary alicyclic amines) is 1. The highest BCUT2D eigenvalue weighted by Gasteiger charge is 2.47. The first kappa shape index (κ1) is 17.3. The SMILES string of the molecule is CCOC(=O)N1CC(C[C@H]2C(=O)NC2C(=O)OCc2ccccc2)C1. The normalized spacial score (nSPS) is 22.4. The molecule has 7 nitrogen and oxygen atoms in total. The molecule has 2 fully saturated rings. The summed E-state index contributed by atoms with van der Waals surface area (Å²) < 4.78 is 10.2. The van der Waals surface area contributed by atoms with Gasteiger partial charge in [-0.1, -0.05) is 30.3 Å². The number of ether oxygens (including phenoxy) is 2. The van der Waals surface area contributed by atoms with E-state index in [2.05, 4.69) is 5.32 Å². The van der Waals surface area contributed by atoms with Crippen LogP contribution in [0.1, 0.15) is 18.9 Å². The Morgan fingerprint density at radius 3 is 2.56 bits per heavy atom. The second-order valence-electron chi connectivity index (χ2n) is 6.39. The van der Waals surface area contributed by atoms with Gasteiger partial charge in [0.2, 0.25) is 5.91 Å². The lowest BCUT2D eigenvalue weighted by Gasteiger charge is -2.43. The lowest BCUT2D eigenvalue weighted by molar-refractivity contribution is -0.160. The number of hydrogen-bond donors (Lipinski definition) is 1. The largest absolute Gasteiger partial charge is 0.459 e. The van der Waals surface area contributed by atoms with Crippen LogP contribution in [-0.2, 0) is 25.7 Å². The number of β-lactam (4-membered cyclic amide) rings is 1. The predicted octanol–water partition coefficient (Wildman–Crippen LogP) is 1.32. The van der Waals surface area contributed by atoms with Crippen LogP contribution in [0.3, 0.4) is 0 Å². The minimum atomic E-state index is -0.590. The molecule has 25 heavy (non-hydrogen) atoms. The van der Waals surface area contributed by atoms with Gasteiger partial charge in [-0.05, 0) is 24.8 Å². The summed E-state index contributed by atoms with van der Waals surface area (Å²) in [6.07, 6.45) is 0.253. The molecule has 1 aromatic carbocycles. The van der Waals surface area contributed by atoms with Gasteiger partial charge in [-0.25, -0.2) is 9.59 Å². The van der Waals surface area contributed by atoms with Crippen molar-refractivity contribution < 1.29 is 23.9 Å². The van der Waals surface area contributed by atoms with Crippen molar-refractivity contribution in [2.24, 2.45) is 11.8 Å². The van der Waals surface area contributed by atoms with Crippen molar-refractivity contribution in [3.05, 3.63) is 35.9 Å². The zero-order valence-corrected chi connectivity index (χ0v) is 14.1. The molecular formula is C18H22N2O5. The number of hydrogen-bond acceptors (Lipinski definition) is 5. The molecule has 3 rings (SSSR count). The van der Waals surface area contributed by atoms with Crippen LogP contribution in [0, 0.1) is 11.8 Å². The first-order valence-electron chi connectivity index (χ1n) is 8.51. The van der Waals surface area contributed by atoms with Gasteiger partial charge in [-0.2, -0.15) is 0 Å². The van der Waals surface area contributed by atoms with Crippen molar-refractivity contribution in [2.75, 3.05) is 19.7 Å². The Kier molecular flexibility index (Phi) is 5.21. The Morgan fingerprint density at radius 2 is 1.92 bits per heavy atom. The van der Waals surface area contributed by atoms with Crippen LogP contribution in [0.4, 0.5) is 4.79 Å². The van der Waals surface area contributed by atoms with Gasteiger partial charge in [0, 0.05) is 13.1 Å². The average molecular weight is 346 g/mol. The lowest BCUT2D eigenvalue weighted by Crippen LogP contribution is -2.64. The summed E-state index contributed by atoms with van der Waals surface area (Å²) in [7, 11) is 0. The number of carbonyl (C=O) groups is 3. The summed E-state index contributed by atoms with van der Waals surface area (Å²) in [6, 6.07) is 8.82. The fourth-order valence-electron chi connectivity index (χ4n) is 3.14. The molecule has 1 unspecified atom stereocenters. The minimum Gasteiger partial charge on any atom is -0.459 e. The number of benzene rings is 1. The van der Waals surface area contributed by atoms with Gasteiger partial charge < -0.3 is 19.7 Å². The first-order valence-corrected chi connectivity index (χ1v) is 8.51. The zero-order valence-electron chi connectivity index (χ0n) is 14.1. The fraction of sp³-hybridized carbons (Fsp3) is 0.500. The van der Waals surface area contributed by atoms with Crippen LogP contribution in [0.15, 0.2) is 30.3 Å². The topological polar surface area (TPSA) is 84.9 Å². The van der Waals surface area contributed by atoms with E-state index >= 15 is 0 Å². The van der Waals surface area contributed by atoms with Gasteiger partial charge in [0.1, 0.15) is 12.6 Å². The molecule has 2 aliphatic heterocycles. The molecule has 2 amide bonds. The monoisotopic (exact) mass is 346 g/mol. The molecule has 2 aliphatic rings. The van der Waals surface area contributed by atoms with E-state index in [-0.39, 0.29) is 30.4 Å². The van der Waals surface area contributed by atoms with Crippen LogP contribution in [-0.4, -0.2) is 48.6 Å². The van der Waals surface area contributed by atoms with Crippen LogP contribution >= 0.6 is 0 Å². The number of esters is 1. The number of nitrogens with zero attached hydrogens (tertiary/aromatic N) is 1. The van der Waals surface area contributed by atoms with Crippen molar-refractivity contribution in [1.29, 1.82) is 0 Å². The number of carbonyl (C=O) groups excluding carboxylic acids is 3. The zero-order chi connectivity index (χ0) is 17.8. The standard InChI is InChI=1S/C18H22N2O5/c1-2-24-18(23)20-9-13(10-20)8-14-15(19-16(14)21)17(22)25-11-12-6-4-3-5-7-12/h3-7,13-15H,2,8-11H2,1H3,(H,19,21)/t14-,15?/m1/s1. The fourth-order valence-corrected chi connectivity index (χ4v) is 3.14. The lowest BCUT2D eigenvalue weighted by atomic mass is 9.80. The van der Waals surface area contributed by atoms with Gasteiger partial charge in [0.15, 0.2) is 0 Å². The molecule has 0 aromatic heterocycles. The van der Waals surface area contributed by atoms with Gasteiger partial charge in [-0.15, -0.1) is 0 Å². The summed E-state index contributed by atoms with van der Waals surface area (Å²) in [6.45, 7) is 3.43. The molecular weight excluding hydrogens is 324 g/mol. The van der Waals surface area contributed by atoms with Gasteiger partial charge in [0.25, 0.3) is 0 Å². The van der Waals surface area contributed by atoms with Crippen LogP contribution in [0.2, 0.25) is 0 Å². The maximum absolute atomic E-state index is 12.2. The number of nitrogens with one attached hydrogen (secondary N) is 1. The van der Waals surface area contributed by atoms with Crippen molar-refractivity contribution in [1.82, 2.24) is 10.2 Å². The molecule has 0 spiro atoms. The van der Waals surface area contributed by atoms with Gasteiger partial charge >= 0.3 is 12.1 Å². The highest BCUT2D eigenvalue weighted by molar-refractivity contribution is 5.97. The van der Waals surface area contributed by atoms with E-state index in [4.69, 9.17) is 9.47 Å². The minimum absolute atomic E-state index is 0.128. The third kappa shape index (κ3) is 3.92. The predicted molar refractivity (Wildman–Crippen MR) is 88.4 cm³/mol. The van der Waals surface area contributed by atoms with Gasteiger partial charge in [0.05, 0.1) is 12.5 Å². The van der Waals surface area contributed by atoms with Crippen molar-refractivity contribution in [2.45, 2.75) is 26.0 Å². The van der Waals surface area contributed by atoms with Crippen LogP contribution < -0.4 is 5.32 Å². The summed E-state index contributed by atoms with van der Waals surface area (Å²) >= 11 is 0. The molecule has 0 saturated carbocycles. The molecule has 0 radical (unpaired) electrons. The van der Waals surface area contributed by atoms with Crippen molar-refractivity contribution >= 4 is 18.0 Å². The van der Waals surface area contributed by atoms with E-state index in [1.165, 1.54) is 0 Å². The second-order valence-corrected chi connectivity index (χ2v) is 6.39. The molecule has 134 valence electrons. The summed E-state index contributed by atoms with van der Waals surface area (Å²) in [5, 5.41) is 2.62. The van der Waals surface area contributed by atoms with Crippen LogP contribution in [0.25, 0.3) is 0 Å². The van der Waals surface area contributed by atoms with Crippen LogP contribution in [0.5, 0.6) is 0 Å². The molecule has 1 N–H and O–H groups in total. The number of rotatable bonds is 6. The summed E-state index contributed by atoms with van der Waals surface area (Å²) in [4.78, 5) is 37.1. The third-order valence-electron chi connectivity index (χ3n) is 4.59. The Balaban J connectivity index is 1.44. The molecule has 0 aliphatic carbocycles. The maximum atomic E-state index is 12.2. The Morgan fingerprint density at radius 1 is 1.20 bits per heavy atom. The molecule has 2 saturated heterocycles. The van der Waals surface area contributed by atoms with E-state index in [0.29, 0.717) is 26.1 Å². The Labute approximate surface area is 146 Å². The molecule has 1 aromatic rings. The average Bonchev–Trinajstić information content (AvgIpc) is 2.57. The van der Waals surface area contributed by atoms with E-state index in [0.717, 1.165) is 5.56 Å². The Bertz CT molecular complexity index is 642. The molecule has 7 heteroatoms. The molecule has 2 heterocycles. The highest BCUT2D eigenvalue weighted by atomic mass is 16.6. The van der Waals surface area contributed by atoms with Gasteiger partial charge in [-0.3, -0.25) is 4.79 Å². The summed E-state index contributed by atoms with van der Waals surface area (Å²) in [5.41, 5.74) is 0.905. The van der Waals surface area contributed by atoms with E-state index in [1.54, 1.807) is 11.8 Å². The quantitative estimate of drug-likeness (QED) is 0.620. The van der Waals surface area contributed by atoms with E-state index in [1.807, 2.05) is 30.3 Å². The molecule has 0 bridgehead atoms. The highest BCUT2D eigenvalue weighted by Crippen LogP contribution is 2.30. The summed E-state index contributed by atoms with van der Waals surface area (Å²) in [5.74, 6) is -0.700. The van der Waals surface area contributed by atoms with E-state index < -0.39 is 12.0 Å². The van der Waals surface area contributed by atoms with Crippen molar-refractivity contribution in [3.8, 4) is 0 Å². The maximum Gasteiger partial charge on any atom is 0.409 e. The Hall–Kier alpha value is -2.57. The third-order valence-corrected chi connectivity index (χ3v) is 4.59. The first-order chi connectivity index (χ1) is 12.1. The number of amides is 2. The second kappa shape index (κ2) is 7.55. The molecule has 2 atom stereocenters. The van der Waals surface area contributed by atoms with E-state index in [9.17, 15) is 14.4 Å². The smallest absolute Gasteiger partial charge is 0.409 e. The van der Waals surface area contributed by atoms with Crippen molar-refractivity contribution in [3.63, 3.8) is 0 Å².